The molecule has 0 unspecified atom stereocenters. The van der Waals surface area contributed by atoms with Crippen LogP contribution >= 0.6 is 0 Å². The van der Waals surface area contributed by atoms with Crippen LogP contribution in [0.3, 0.4) is 0 Å². The van der Waals surface area contributed by atoms with Crippen molar-refractivity contribution in [2.24, 2.45) is 17.6 Å². The van der Waals surface area contributed by atoms with Crippen LogP contribution in [0.15, 0.2) is 0 Å². The van der Waals surface area contributed by atoms with Crippen LogP contribution in [-0.4, -0.2) is 23.3 Å². The Labute approximate surface area is 105 Å². The molecule has 0 spiro atoms. The molecule has 0 aromatic heterocycles. The molecule has 18 heavy (non-hydrogen) atoms. The SMILES string of the molecule is N[C@H](C[C@H](CC(=O)O)C(F)(F)F)C1CCCCC1. The third kappa shape index (κ3) is 4.84. The Hall–Kier alpha value is -0.780. The fraction of sp³-hybridized carbons (Fsp3) is 0.917. The van der Waals surface area contributed by atoms with Crippen molar-refractivity contribution >= 4 is 5.97 Å². The lowest BCUT2D eigenvalue weighted by Crippen LogP contribution is -2.38. The van der Waals surface area contributed by atoms with Gasteiger partial charge in [-0.25, -0.2) is 0 Å². The van der Waals surface area contributed by atoms with Crippen LogP contribution in [-0.2, 0) is 4.79 Å². The van der Waals surface area contributed by atoms with E-state index >= 15 is 0 Å². The minimum atomic E-state index is -4.48. The summed E-state index contributed by atoms with van der Waals surface area (Å²) >= 11 is 0. The molecule has 0 heterocycles. The van der Waals surface area contributed by atoms with E-state index in [0.717, 1.165) is 32.1 Å². The summed E-state index contributed by atoms with van der Waals surface area (Å²) in [7, 11) is 0. The van der Waals surface area contributed by atoms with E-state index in [-0.39, 0.29) is 12.3 Å². The van der Waals surface area contributed by atoms with Crippen LogP contribution in [0.4, 0.5) is 13.2 Å². The maximum atomic E-state index is 12.7. The largest absolute Gasteiger partial charge is 0.481 e. The van der Waals surface area contributed by atoms with Crippen molar-refractivity contribution in [1.82, 2.24) is 0 Å². The number of aliphatic carboxylic acids is 1. The van der Waals surface area contributed by atoms with Crippen LogP contribution in [0.25, 0.3) is 0 Å². The molecule has 0 amide bonds. The van der Waals surface area contributed by atoms with Gasteiger partial charge < -0.3 is 10.8 Å². The summed E-state index contributed by atoms with van der Waals surface area (Å²) in [5.41, 5.74) is 5.83. The predicted molar refractivity (Wildman–Crippen MR) is 61.0 cm³/mol. The molecule has 0 aliphatic heterocycles. The minimum absolute atomic E-state index is 0.109. The molecule has 1 rings (SSSR count). The van der Waals surface area contributed by atoms with Crippen LogP contribution in [0.1, 0.15) is 44.9 Å². The van der Waals surface area contributed by atoms with Gasteiger partial charge in [0.2, 0.25) is 0 Å². The summed E-state index contributed by atoms with van der Waals surface area (Å²) in [4.78, 5) is 10.5. The van der Waals surface area contributed by atoms with E-state index in [9.17, 15) is 18.0 Å². The highest BCUT2D eigenvalue weighted by molar-refractivity contribution is 5.67. The lowest BCUT2D eigenvalue weighted by atomic mass is 9.80. The highest BCUT2D eigenvalue weighted by atomic mass is 19.4. The summed E-state index contributed by atoms with van der Waals surface area (Å²) in [6.45, 7) is 0. The van der Waals surface area contributed by atoms with Gasteiger partial charge in [-0.05, 0) is 25.2 Å². The van der Waals surface area contributed by atoms with Gasteiger partial charge in [0.1, 0.15) is 0 Å². The predicted octanol–water partition coefficient (Wildman–Crippen LogP) is 2.94. The van der Waals surface area contributed by atoms with E-state index in [1.165, 1.54) is 0 Å². The number of carboxylic acids is 1. The summed E-state index contributed by atoms with van der Waals surface area (Å²) in [6, 6.07) is -0.545. The highest BCUT2D eigenvalue weighted by Crippen LogP contribution is 2.35. The smallest absolute Gasteiger partial charge is 0.392 e. The molecule has 0 aromatic carbocycles. The molecule has 0 saturated heterocycles. The first kappa shape index (κ1) is 15.3. The number of hydrogen-bond donors (Lipinski definition) is 2. The van der Waals surface area contributed by atoms with E-state index in [1.54, 1.807) is 0 Å². The molecule has 1 aliphatic rings. The van der Waals surface area contributed by atoms with Crippen molar-refractivity contribution in [2.45, 2.75) is 57.2 Å². The summed E-state index contributed by atoms with van der Waals surface area (Å²) < 4.78 is 38.1. The summed E-state index contributed by atoms with van der Waals surface area (Å²) in [6.07, 6.45) is -0.796. The van der Waals surface area contributed by atoms with Gasteiger partial charge in [-0.15, -0.1) is 0 Å². The second-order valence-corrected chi connectivity index (χ2v) is 5.13. The number of carboxylic acid groups (broad SMARTS) is 1. The van der Waals surface area contributed by atoms with E-state index in [2.05, 4.69) is 0 Å². The van der Waals surface area contributed by atoms with Gasteiger partial charge in [-0.1, -0.05) is 19.3 Å². The Morgan fingerprint density at radius 3 is 2.28 bits per heavy atom. The maximum Gasteiger partial charge on any atom is 0.392 e. The van der Waals surface area contributed by atoms with E-state index < -0.39 is 30.5 Å². The van der Waals surface area contributed by atoms with E-state index in [1.807, 2.05) is 0 Å². The third-order valence-corrected chi connectivity index (χ3v) is 3.70. The number of alkyl halides is 3. The monoisotopic (exact) mass is 267 g/mol. The molecule has 3 nitrogen and oxygen atoms in total. The summed E-state index contributed by atoms with van der Waals surface area (Å²) in [5, 5.41) is 8.53. The average Bonchev–Trinajstić information content (AvgIpc) is 2.27. The zero-order valence-electron chi connectivity index (χ0n) is 10.2. The van der Waals surface area contributed by atoms with Gasteiger partial charge in [0, 0.05) is 6.04 Å². The molecule has 3 N–H and O–H groups in total. The normalized spacial score (nSPS) is 21.6. The average molecular weight is 267 g/mol. The fourth-order valence-electron chi connectivity index (χ4n) is 2.63. The molecule has 1 fully saturated rings. The van der Waals surface area contributed by atoms with Crippen molar-refractivity contribution < 1.29 is 23.1 Å². The highest BCUT2D eigenvalue weighted by Gasteiger charge is 2.42. The minimum Gasteiger partial charge on any atom is -0.481 e. The first-order valence-corrected chi connectivity index (χ1v) is 6.34. The molecule has 0 aromatic rings. The molecule has 0 radical (unpaired) electrons. The van der Waals surface area contributed by atoms with Crippen molar-refractivity contribution in [3.8, 4) is 0 Å². The first-order valence-electron chi connectivity index (χ1n) is 6.34. The van der Waals surface area contributed by atoms with Crippen molar-refractivity contribution in [3.63, 3.8) is 0 Å². The Morgan fingerprint density at radius 2 is 1.83 bits per heavy atom. The van der Waals surface area contributed by atoms with Crippen LogP contribution in [0, 0.1) is 11.8 Å². The zero-order chi connectivity index (χ0) is 13.8. The summed E-state index contributed by atoms with van der Waals surface area (Å²) in [5.74, 6) is -3.14. The Bertz CT molecular complexity index is 275. The zero-order valence-corrected chi connectivity index (χ0v) is 10.2. The number of nitrogens with two attached hydrogens (primary N) is 1. The quantitative estimate of drug-likeness (QED) is 0.805. The molecule has 2 atom stereocenters. The first-order chi connectivity index (χ1) is 8.30. The Morgan fingerprint density at radius 1 is 1.28 bits per heavy atom. The van der Waals surface area contributed by atoms with Crippen molar-refractivity contribution in [1.29, 1.82) is 0 Å². The van der Waals surface area contributed by atoms with Crippen LogP contribution in [0.2, 0.25) is 0 Å². The molecule has 106 valence electrons. The lowest BCUT2D eigenvalue weighted by molar-refractivity contribution is -0.186. The van der Waals surface area contributed by atoms with Crippen LogP contribution < -0.4 is 5.73 Å². The van der Waals surface area contributed by atoms with E-state index in [0.29, 0.717) is 0 Å². The van der Waals surface area contributed by atoms with Gasteiger partial charge in [0.15, 0.2) is 0 Å². The fourth-order valence-corrected chi connectivity index (χ4v) is 2.63. The van der Waals surface area contributed by atoms with Gasteiger partial charge in [-0.3, -0.25) is 4.79 Å². The lowest BCUT2D eigenvalue weighted by Gasteiger charge is -2.30. The van der Waals surface area contributed by atoms with Gasteiger partial charge in [0.05, 0.1) is 12.3 Å². The number of carbonyl (C=O) groups is 1. The van der Waals surface area contributed by atoms with Crippen molar-refractivity contribution in [2.75, 3.05) is 0 Å². The Kier molecular flexibility index (Phi) is 5.44. The molecule has 1 aliphatic carbocycles. The van der Waals surface area contributed by atoms with Gasteiger partial charge >= 0.3 is 12.1 Å². The number of rotatable bonds is 5. The standard InChI is InChI=1S/C12H20F3NO2/c13-12(14,15)9(7-11(17)18)6-10(16)8-4-2-1-3-5-8/h8-10H,1-7,16H2,(H,17,18)/t9-,10-/m1/s1. The molecular formula is C12H20F3NO2. The van der Waals surface area contributed by atoms with Gasteiger partial charge in [0.25, 0.3) is 0 Å². The number of halogens is 3. The van der Waals surface area contributed by atoms with E-state index in [4.69, 9.17) is 10.8 Å². The maximum absolute atomic E-state index is 12.7. The Balaban J connectivity index is 2.55. The van der Waals surface area contributed by atoms with Crippen molar-refractivity contribution in [3.05, 3.63) is 0 Å². The molecule has 0 bridgehead atoms. The topological polar surface area (TPSA) is 63.3 Å². The van der Waals surface area contributed by atoms with Gasteiger partial charge in [-0.2, -0.15) is 13.2 Å². The third-order valence-electron chi connectivity index (χ3n) is 3.70. The number of hydrogen-bond acceptors (Lipinski definition) is 2. The molecular weight excluding hydrogens is 247 g/mol. The second-order valence-electron chi connectivity index (χ2n) is 5.13. The molecule has 6 heteroatoms. The second kappa shape index (κ2) is 6.41. The van der Waals surface area contributed by atoms with Crippen LogP contribution in [0.5, 0.6) is 0 Å². The molecule has 1 saturated carbocycles.